The first-order valence-electron chi connectivity index (χ1n) is 5.96. The molecule has 0 aliphatic heterocycles. The predicted molar refractivity (Wildman–Crippen MR) is 60.3 cm³/mol. The van der Waals surface area contributed by atoms with E-state index in [1.165, 1.54) is 25.7 Å². The van der Waals surface area contributed by atoms with Crippen molar-refractivity contribution < 1.29 is 5.11 Å². The van der Waals surface area contributed by atoms with Crippen LogP contribution in [0.1, 0.15) is 52.9 Å². The van der Waals surface area contributed by atoms with E-state index in [0.717, 1.165) is 12.3 Å². The lowest BCUT2D eigenvalue weighted by Crippen LogP contribution is -2.51. The smallest absolute Gasteiger partial charge is 0.0448 e. The first-order chi connectivity index (χ1) is 6.58. The van der Waals surface area contributed by atoms with Crippen molar-refractivity contribution in [1.82, 2.24) is 5.32 Å². The summed E-state index contributed by atoms with van der Waals surface area (Å²) in [5, 5.41) is 12.8. The Morgan fingerprint density at radius 3 is 2.36 bits per heavy atom. The first-order valence-corrected chi connectivity index (χ1v) is 5.96. The van der Waals surface area contributed by atoms with Crippen LogP contribution in [0, 0.1) is 5.92 Å². The molecule has 1 aliphatic rings. The summed E-state index contributed by atoms with van der Waals surface area (Å²) >= 11 is 0. The molecule has 1 fully saturated rings. The van der Waals surface area contributed by atoms with Gasteiger partial charge in [0, 0.05) is 18.2 Å². The van der Waals surface area contributed by atoms with Gasteiger partial charge in [0.05, 0.1) is 0 Å². The van der Waals surface area contributed by atoms with Crippen LogP contribution in [0.3, 0.4) is 0 Å². The standard InChI is InChI=1S/C12H25NO/c1-10(2)13-12(8-9-14)6-4-11(3)5-7-12/h10-11,13-14H,4-9H2,1-3H3. The monoisotopic (exact) mass is 199 g/mol. The van der Waals surface area contributed by atoms with Crippen molar-refractivity contribution >= 4 is 0 Å². The second-order valence-electron chi connectivity index (χ2n) is 5.24. The van der Waals surface area contributed by atoms with Gasteiger partial charge >= 0.3 is 0 Å². The van der Waals surface area contributed by atoms with Crippen molar-refractivity contribution in [2.45, 2.75) is 64.5 Å². The maximum Gasteiger partial charge on any atom is 0.0448 e. The maximum atomic E-state index is 9.12. The molecule has 0 aromatic rings. The molecule has 0 unspecified atom stereocenters. The van der Waals surface area contributed by atoms with Crippen LogP contribution >= 0.6 is 0 Å². The molecule has 0 atom stereocenters. The molecule has 2 nitrogen and oxygen atoms in total. The highest BCUT2D eigenvalue weighted by atomic mass is 16.3. The van der Waals surface area contributed by atoms with Gasteiger partial charge < -0.3 is 10.4 Å². The van der Waals surface area contributed by atoms with Crippen molar-refractivity contribution in [3.63, 3.8) is 0 Å². The lowest BCUT2D eigenvalue weighted by molar-refractivity contribution is 0.137. The Hall–Kier alpha value is -0.0800. The number of hydrogen-bond acceptors (Lipinski definition) is 2. The quantitative estimate of drug-likeness (QED) is 0.728. The van der Waals surface area contributed by atoms with Gasteiger partial charge in [-0.25, -0.2) is 0 Å². The van der Waals surface area contributed by atoms with Crippen molar-refractivity contribution in [2.75, 3.05) is 6.61 Å². The van der Waals surface area contributed by atoms with Crippen molar-refractivity contribution in [2.24, 2.45) is 5.92 Å². The molecule has 1 saturated carbocycles. The molecule has 0 bridgehead atoms. The van der Waals surface area contributed by atoms with Crippen molar-refractivity contribution in [3.8, 4) is 0 Å². The summed E-state index contributed by atoms with van der Waals surface area (Å²) in [7, 11) is 0. The van der Waals surface area contributed by atoms with E-state index in [2.05, 4.69) is 26.1 Å². The Morgan fingerprint density at radius 2 is 1.93 bits per heavy atom. The first kappa shape index (κ1) is 12.0. The predicted octanol–water partition coefficient (Wildman–Crippen LogP) is 2.32. The van der Waals surface area contributed by atoms with Crippen molar-refractivity contribution in [1.29, 1.82) is 0 Å². The maximum absolute atomic E-state index is 9.12. The van der Waals surface area contributed by atoms with Gasteiger partial charge in [0.25, 0.3) is 0 Å². The number of nitrogens with one attached hydrogen (secondary N) is 1. The molecular weight excluding hydrogens is 174 g/mol. The van der Waals surface area contributed by atoms with E-state index in [9.17, 15) is 0 Å². The largest absolute Gasteiger partial charge is 0.396 e. The number of aliphatic hydroxyl groups excluding tert-OH is 1. The van der Waals surface area contributed by atoms with E-state index >= 15 is 0 Å². The summed E-state index contributed by atoms with van der Waals surface area (Å²) in [5.41, 5.74) is 0.232. The van der Waals surface area contributed by atoms with Gasteiger partial charge in [0.1, 0.15) is 0 Å². The topological polar surface area (TPSA) is 32.3 Å². The average molecular weight is 199 g/mol. The van der Waals surface area contributed by atoms with Gasteiger partial charge in [-0.05, 0) is 38.0 Å². The van der Waals surface area contributed by atoms with Crippen molar-refractivity contribution in [3.05, 3.63) is 0 Å². The van der Waals surface area contributed by atoms with E-state index in [1.807, 2.05) is 0 Å². The van der Waals surface area contributed by atoms with E-state index < -0.39 is 0 Å². The van der Waals surface area contributed by atoms with Gasteiger partial charge in [-0.15, -0.1) is 0 Å². The third kappa shape index (κ3) is 3.25. The van der Waals surface area contributed by atoms with Crippen LogP contribution in [0.15, 0.2) is 0 Å². The summed E-state index contributed by atoms with van der Waals surface area (Å²) in [4.78, 5) is 0. The Morgan fingerprint density at radius 1 is 1.36 bits per heavy atom. The molecule has 84 valence electrons. The van der Waals surface area contributed by atoms with Crippen LogP contribution in [-0.4, -0.2) is 23.3 Å². The summed E-state index contributed by atoms with van der Waals surface area (Å²) in [6.07, 6.45) is 5.98. The third-order valence-corrected chi connectivity index (χ3v) is 3.42. The van der Waals surface area contributed by atoms with Crippen LogP contribution in [0.4, 0.5) is 0 Å². The molecule has 0 spiro atoms. The zero-order chi connectivity index (χ0) is 10.6. The molecule has 0 amide bonds. The fourth-order valence-corrected chi connectivity index (χ4v) is 2.61. The fraction of sp³-hybridized carbons (Fsp3) is 1.00. The number of rotatable bonds is 4. The Kier molecular flexibility index (Phi) is 4.39. The molecule has 0 aromatic carbocycles. The zero-order valence-electron chi connectivity index (χ0n) is 9.84. The number of aliphatic hydroxyl groups is 1. The molecule has 0 aromatic heterocycles. The summed E-state index contributed by atoms with van der Waals surface area (Å²) in [6.45, 7) is 7.03. The zero-order valence-corrected chi connectivity index (χ0v) is 9.84. The van der Waals surface area contributed by atoms with E-state index in [4.69, 9.17) is 5.11 Å². The summed E-state index contributed by atoms with van der Waals surface area (Å²) < 4.78 is 0. The molecule has 0 radical (unpaired) electrons. The highest BCUT2D eigenvalue weighted by molar-refractivity contribution is 4.92. The molecule has 1 rings (SSSR count). The van der Waals surface area contributed by atoms with E-state index in [1.54, 1.807) is 0 Å². The Bertz CT molecular complexity index is 160. The summed E-state index contributed by atoms with van der Waals surface area (Å²) in [6, 6.07) is 0.523. The normalized spacial score (nSPS) is 33.6. The second-order valence-corrected chi connectivity index (χ2v) is 5.24. The molecule has 0 saturated heterocycles. The minimum absolute atomic E-state index is 0.232. The molecule has 2 heteroatoms. The SMILES string of the molecule is CC1CCC(CCO)(NC(C)C)CC1. The Balaban J connectivity index is 2.53. The fourth-order valence-electron chi connectivity index (χ4n) is 2.61. The number of hydrogen-bond donors (Lipinski definition) is 2. The third-order valence-electron chi connectivity index (χ3n) is 3.42. The van der Waals surface area contributed by atoms with Crippen LogP contribution in [-0.2, 0) is 0 Å². The minimum Gasteiger partial charge on any atom is -0.396 e. The summed E-state index contributed by atoms with van der Waals surface area (Å²) in [5.74, 6) is 0.871. The van der Waals surface area contributed by atoms with E-state index in [0.29, 0.717) is 12.6 Å². The molecule has 1 aliphatic carbocycles. The molecule has 0 heterocycles. The highest BCUT2D eigenvalue weighted by Crippen LogP contribution is 2.34. The van der Waals surface area contributed by atoms with E-state index in [-0.39, 0.29) is 5.54 Å². The lowest BCUT2D eigenvalue weighted by atomic mass is 9.75. The lowest BCUT2D eigenvalue weighted by Gasteiger charge is -2.41. The van der Waals surface area contributed by atoms with Crippen LogP contribution in [0.5, 0.6) is 0 Å². The van der Waals surface area contributed by atoms with Gasteiger partial charge in [-0.2, -0.15) is 0 Å². The van der Waals surface area contributed by atoms with Crippen LogP contribution < -0.4 is 5.32 Å². The minimum atomic E-state index is 0.232. The van der Waals surface area contributed by atoms with Crippen LogP contribution in [0.25, 0.3) is 0 Å². The second kappa shape index (κ2) is 5.13. The Labute approximate surface area is 88.1 Å². The highest BCUT2D eigenvalue weighted by Gasteiger charge is 2.33. The molecule has 2 N–H and O–H groups in total. The van der Waals surface area contributed by atoms with Gasteiger partial charge in [-0.1, -0.05) is 20.8 Å². The average Bonchev–Trinajstić information content (AvgIpc) is 2.10. The molecular formula is C12H25NO. The van der Waals surface area contributed by atoms with Gasteiger partial charge in [-0.3, -0.25) is 0 Å². The van der Waals surface area contributed by atoms with Gasteiger partial charge in [0.2, 0.25) is 0 Å². The molecule has 14 heavy (non-hydrogen) atoms. The van der Waals surface area contributed by atoms with Gasteiger partial charge in [0.15, 0.2) is 0 Å². The van der Waals surface area contributed by atoms with Crippen LogP contribution in [0.2, 0.25) is 0 Å².